The molecule has 4 aromatic rings. The van der Waals surface area contributed by atoms with Gasteiger partial charge in [0.25, 0.3) is 0 Å². The molecule has 0 fully saturated rings. The highest BCUT2D eigenvalue weighted by molar-refractivity contribution is 5.91. The Hall–Kier alpha value is -3.38. The van der Waals surface area contributed by atoms with Crippen LogP contribution in [-0.2, 0) is 18.3 Å². The quantitative estimate of drug-likeness (QED) is 0.281. The Morgan fingerprint density at radius 2 is 1.13 bits per heavy atom. The van der Waals surface area contributed by atoms with E-state index >= 15 is 0 Å². The first-order valence-electron chi connectivity index (χ1n) is 11.4. The summed E-state index contributed by atoms with van der Waals surface area (Å²) >= 11 is 0. The van der Waals surface area contributed by atoms with Crippen LogP contribution in [0.5, 0.6) is 0 Å². The third kappa shape index (κ3) is 2.42. The highest BCUT2D eigenvalue weighted by atomic mass is 14.5. The van der Waals surface area contributed by atoms with E-state index in [1.54, 1.807) is 0 Å². The average Bonchev–Trinajstić information content (AvgIpc) is 3.04. The summed E-state index contributed by atoms with van der Waals surface area (Å²) in [4.78, 5) is 0. The molecule has 1 unspecified atom stereocenters. The Kier molecular flexibility index (Phi) is 4.05. The standard InChI is InChI=1S/C31H26/c1-3-21-14-18-29-26(19-21)25-10-6-8-12-28(25)31(29)27-11-7-5-9-23(27)16-17-24-15-13-22(4-2)20-30(24)31/h5-20H,3-4H2,1-2H3. The van der Waals surface area contributed by atoms with Crippen molar-refractivity contribution in [3.8, 4) is 11.1 Å². The van der Waals surface area contributed by atoms with Crippen LogP contribution in [-0.4, -0.2) is 0 Å². The summed E-state index contributed by atoms with van der Waals surface area (Å²) in [5.74, 6) is 0. The predicted molar refractivity (Wildman–Crippen MR) is 131 cm³/mol. The minimum absolute atomic E-state index is 0.293. The Bertz CT molecular complexity index is 1350. The molecule has 4 aromatic carbocycles. The second-order valence-electron chi connectivity index (χ2n) is 8.72. The van der Waals surface area contributed by atoms with Gasteiger partial charge in [0.1, 0.15) is 0 Å². The third-order valence-electron chi connectivity index (χ3n) is 7.25. The van der Waals surface area contributed by atoms with Crippen LogP contribution < -0.4 is 0 Å². The minimum Gasteiger partial charge on any atom is -0.0619 e. The number of hydrogen-bond acceptors (Lipinski definition) is 0. The van der Waals surface area contributed by atoms with Crippen molar-refractivity contribution >= 4 is 12.2 Å². The molecule has 0 saturated carbocycles. The van der Waals surface area contributed by atoms with Crippen LogP contribution in [0.1, 0.15) is 58.4 Å². The molecular formula is C31H26. The van der Waals surface area contributed by atoms with Crippen molar-refractivity contribution < 1.29 is 0 Å². The Morgan fingerprint density at radius 3 is 1.94 bits per heavy atom. The molecule has 0 saturated heterocycles. The molecule has 0 amide bonds. The molecule has 2 aliphatic rings. The summed E-state index contributed by atoms with van der Waals surface area (Å²) in [6, 6.07) is 32.2. The van der Waals surface area contributed by atoms with E-state index in [9.17, 15) is 0 Å². The van der Waals surface area contributed by atoms with E-state index in [0.717, 1.165) is 12.8 Å². The molecule has 0 bridgehead atoms. The number of benzene rings is 4. The monoisotopic (exact) mass is 398 g/mol. The summed E-state index contributed by atoms with van der Waals surface area (Å²) in [6.45, 7) is 4.49. The highest BCUT2D eigenvalue weighted by Gasteiger charge is 2.48. The maximum atomic E-state index is 2.46. The van der Waals surface area contributed by atoms with Gasteiger partial charge in [-0.1, -0.05) is 111 Å². The van der Waals surface area contributed by atoms with Gasteiger partial charge in [-0.05, 0) is 68.5 Å². The second-order valence-corrected chi connectivity index (χ2v) is 8.72. The molecule has 2 aliphatic carbocycles. The van der Waals surface area contributed by atoms with Gasteiger partial charge in [-0.3, -0.25) is 0 Å². The Morgan fingerprint density at radius 1 is 0.516 bits per heavy atom. The summed E-state index contributed by atoms with van der Waals surface area (Å²) in [5.41, 5.74) is 13.5. The first-order valence-corrected chi connectivity index (χ1v) is 11.4. The largest absolute Gasteiger partial charge is 0.0725 e. The van der Waals surface area contributed by atoms with Crippen molar-refractivity contribution in [3.63, 3.8) is 0 Å². The van der Waals surface area contributed by atoms with E-state index in [1.807, 2.05) is 0 Å². The van der Waals surface area contributed by atoms with Crippen molar-refractivity contribution in [2.75, 3.05) is 0 Å². The van der Waals surface area contributed by atoms with E-state index in [1.165, 1.54) is 55.6 Å². The number of rotatable bonds is 2. The van der Waals surface area contributed by atoms with E-state index < -0.39 is 0 Å². The van der Waals surface area contributed by atoms with Crippen molar-refractivity contribution in [2.24, 2.45) is 0 Å². The molecule has 1 spiro atoms. The third-order valence-corrected chi connectivity index (χ3v) is 7.25. The maximum absolute atomic E-state index is 2.46. The molecule has 150 valence electrons. The fourth-order valence-electron chi connectivity index (χ4n) is 5.73. The molecule has 0 heteroatoms. The van der Waals surface area contributed by atoms with Crippen LogP contribution in [0.2, 0.25) is 0 Å². The van der Waals surface area contributed by atoms with Gasteiger partial charge in [-0.2, -0.15) is 0 Å². The van der Waals surface area contributed by atoms with Crippen LogP contribution in [0.4, 0.5) is 0 Å². The first kappa shape index (κ1) is 18.4. The van der Waals surface area contributed by atoms with Gasteiger partial charge < -0.3 is 0 Å². The highest BCUT2D eigenvalue weighted by Crippen LogP contribution is 2.58. The van der Waals surface area contributed by atoms with E-state index in [-0.39, 0.29) is 5.41 Å². The minimum atomic E-state index is -0.293. The van der Waals surface area contributed by atoms with E-state index in [2.05, 4.69) is 111 Å². The number of fused-ring (bicyclic) bond motifs is 9. The molecule has 0 heterocycles. The zero-order valence-electron chi connectivity index (χ0n) is 18.2. The van der Waals surface area contributed by atoms with Gasteiger partial charge in [-0.15, -0.1) is 0 Å². The first-order chi connectivity index (χ1) is 15.3. The second kappa shape index (κ2) is 6.82. The van der Waals surface area contributed by atoms with Gasteiger partial charge in [0.05, 0.1) is 5.41 Å². The van der Waals surface area contributed by atoms with E-state index in [0.29, 0.717) is 0 Å². The number of hydrogen-bond donors (Lipinski definition) is 0. The molecule has 0 nitrogen and oxygen atoms in total. The van der Waals surface area contributed by atoms with Crippen molar-refractivity contribution in [3.05, 3.63) is 129 Å². The van der Waals surface area contributed by atoms with Gasteiger partial charge in [0.15, 0.2) is 0 Å². The van der Waals surface area contributed by atoms with Crippen molar-refractivity contribution in [1.29, 1.82) is 0 Å². The van der Waals surface area contributed by atoms with E-state index in [4.69, 9.17) is 0 Å². The molecule has 31 heavy (non-hydrogen) atoms. The molecule has 0 aliphatic heterocycles. The Labute approximate surface area is 184 Å². The van der Waals surface area contributed by atoms with Gasteiger partial charge >= 0.3 is 0 Å². The fraction of sp³-hybridized carbons (Fsp3) is 0.161. The molecule has 0 N–H and O–H groups in total. The molecular weight excluding hydrogens is 372 g/mol. The summed E-state index contributed by atoms with van der Waals surface area (Å²) < 4.78 is 0. The maximum Gasteiger partial charge on any atom is 0.0725 e. The normalized spacial score (nSPS) is 17.6. The molecule has 1 atom stereocenters. The summed E-state index contributed by atoms with van der Waals surface area (Å²) in [5, 5.41) is 0. The summed E-state index contributed by atoms with van der Waals surface area (Å²) in [7, 11) is 0. The van der Waals surface area contributed by atoms with Crippen LogP contribution in [0.25, 0.3) is 23.3 Å². The van der Waals surface area contributed by atoms with Crippen molar-refractivity contribution in [1.82, 2.24) is 0 Å². The van der Waals surface area contributed by atoms with Gasteiger partial charge in [0, 0.05) is 0 Å². The lowest BCUT2D eigenvalue weighted by Crippen LogP contribution is -2.30. The molecule has 0 aromatic heterocycles. The molecule has 0 radical (unpaired) electrons. The van der Waals surface area contributed by atoms with Crippen molar-refractivity contribution in [2.45, 2.75) is 32.1 Å². The SMILES string of the molecule is CCc1ccc2c(c1)-c1ccccc1C21c2ccccc2C=Cc2ccc(CC)cc21. The van der Waals surface area contributed by atoms with Crippen LogP contribution in [0, 0.1) is 0 Å². The van der Waals surface area contributed by atoms with Gasteiger partial charge in [0.2, 0.25) is 0 Å². The lowest BCUT2D eigenvalue weighted by molar-refractivity contribution is 0.763. The predicted octanol–water partition coefficient (Wildman–Crippen LogP) is 7.66. The zero-order chi connectivity index (χ0) is 21.0. The Balaban J connectivity index is 1.84. The zero-order valence-corrected chi connectivity index (χ0v) is 18.2. The number of aryl methyl sites for hydroxylation is 2. The van der Waals surface area contributed by atoms with Crippen LogP contribution >= 0.6 is 0 Å². The lowest BCUT2D eigenvalue weighted by Gasteiger charge is -2.35. The molecule has 6 rings (SSSR count). The smallest absolute Gasteiger partial charge is 0.0619 e. The fourth-order valence-corrected chi connectivity index (χ4v) is 5.73. The summed E-state index contributed by atoms with van der Waals surface area (Å²) in [6.07, 6.45) is 6.70. The van der Waals surface area contributed by atoms with Crippen LogP contribution in [0.15, 0.2) is 84.9 Å². The topological polar surface area (TPSA) is 0 Å². The van der Waals surface area contributed by atoms with Gasteiger partial charge in [-0.25, -0.2) is 0 Å². The lowest BCUT2D eigenvalue weighted by atomic mass is 9.65. The average molecular weight is 399 g/mol. The van der Waals surface area contributed by atoms with Crippen LogP contribution in [0.3, 0.4) is 0 Å².